The third-order valence-electron chi connectivity index (χ3n) is 19.2. The first kappa shape index (κ1) is 54.6. The smallest absolute Gasteiger partial charge is 0.118 e. The van der Waals surface area contributed by atoms with Crippen molar-refractivity contribution in [3.63, 3.8) is 0 Å². The number of para-hydroxylation sites is 4. The molecule has 0 bridgehead atoms. The van der Waals surface area contributed by atoms with E-state index in [1.165, 1.54) is 170 Å². The topological polar surface area (TPSA) is 19.1 Å². The average Bonchev–Trinajstić information content (AvgIpc) is 0.900. The van der Waals surface area contributed by atoms with E-state index in [4.69, 9.17) is 4.74 Å². The Labute approximate surface area is 534 Å². The Hall–Kier alpha value is -11.5. The Morgan fingerprint density at radius 3 is 0.793 bits per heavy atom. The molecule has 0 spiro atoms. The van der Waals surface area contributed by atoms with Gasteiger partial charge >= 0.3 is 0 Å². The summed E-state index contributed by atoms with van der Waals surface area (Å²) in [5, 5.41) is 20.2. The van der Waals surface area contributed by atoms with Gasteiger partial charge in [-0.05, 0) is 193 Å². The minimum atomic E-state index is 0.118. The molecule has 0 saturated heterocycles. The summed E-state index contributed by atoms with van der Waals surface area (Å²) >= 11 is 0. The molecule has 0 unspecified atom stereocenters. The third-order valence-corrected chi connectivity index (χ3v) is 19.2. The van der Waals surface area contributed by atoms with Crippen LogP contribution in [0.2, 0.25) is 0 Å². The maximum atomic E-state index is 5.46. The molecule has 0 amide bonds. The molecule has 3 nitrogen and oxygen atoms in total. The summed E-state index contributed by atoms with van der Waals surface area (Å²) in [6.07, 6.45) is 0. The van der Waals surface area contributed by atoms with Crippen molar-refractivity contribution in [2.45, 2.75) is 26.2 Å². The van der Waals surface area contributed by atoms with Crippen molar-refractivity contribution >= 4 is 108 Å². The van der Waals surface area contributed by atoms with Crippen LogP contribution in [0.25, 0.3) is 164 Å². The van der Waals surface area contributed by atoms with Gasteiger partial charge in [-0.1, -0.05) is 263 Å². The Morgan fingerprint density at radius 1 is 0.239 bits per heavy atom. The summed E-state index contributed by atoms with van der Waals surface area (Å²) in [6, 6.07) is 116. The van der Waals surface area contributed by atoms with E-state index in [1.54, 1.807) is 7.11 Å². The molecule has 436 valence electrons. The summed E-state index contributed by atoms with van der Waals surface area (Å²) in [5.41, 5.74) is 18.8. The minimum absolute atomic E-state index is 0.118. The van der Waals surface area contributed by atoms with Gasteiger partial charge < -0.3 is 13.9 Å². The van der Waals surface area contributed by atoms with Crippen LogP contribution in [0.4, 0.5) is 0 Å². The molecule has 2 heterocycles. The first-order chi connectivity index (χ1) is 45.2. The molecule has 0 atom stereocenters. The van der Waals surface area contributed by atoms with Gasteiger partial charge in [-0.15, -0.1) is 0 Å². The number of aromatic nitrogens is 2. The number of rotatable bonds is 7. The quantitative estimate of drug-likeness (QED) is 0.146. The monoisotopic (exact) mass is 1180 g/mol. The summed E-state index contributed by atoms with van der Waals surface area (Å²) in [5.74, 6) is 0.862. The van der Waals surface area contributed by atoms with Crippen molar-refractivity contribution in [3.8, 4) is 61.6 Å². The molecule has 18 rings (SSSR count). The van der Waals surface area contributed by atoms with Gasteiger partial charge in [0, 0.05) is 32.9 Å². The van der Waals surface area contributed by atoms with Crippen LogP contribution in [0.3, 0.4) is 0 Å². The number of methoxy groups -OCH3 is 1. The molecule has 18 aromatic rings. The summed E-state index contributed by atoms with van der Waals surface area (Å²) in [6.45, 7) is 6.82. The van der Waals surface area contributed by atoms with E-state index in [2.05, 4.69) is 333 Å². The van der Waals surface area contributed by atoms with Crippen molar-refractivity contribution < 1.29 is 4.74 Å². The number of ether oxygens (including phenoxy) is 1. The lowest BCUT2D eigenvalue weighted by Gasteiger charge is -2.21. The first-order valence-corrected chi connectivity index (χ1v) is 31.9. The average molecular weight is 1180 g/mol. The lowest BCUT2D eigenvalue weighted by Crippen LogP contribution is -2.10. The van der Waals surface area contributed by atoms with Gasteiger partial charge in [0.2, 0.25) is 0 Å². The lowest BCUT2D eigenvalue weighted by atomic mass is 9.83. The molecule has 92 heavy (non-hydrogen) atoms. The fourth-order valence-corrected chi connectivity index (χ4v) is 14.9. The second kappa shape index (κ2) is 21.9. The Bertz CT molecular complexity index is 5740. The Kier molecular flexibility index (Phi) is 13.0. The van der Waals surface area contributed by atoms with Gasteiger partial charge in [0.25, 0.3) is 0 Å². The predicted octanol–water partition coefficient (Wildman–Crippen LogP) is 24.5. The molecule has 0 aliphatic rings. The standard InChI is InChI=1S/C46H35N.C43H29NO/c1-46(2,3)34-25-22-30(23-26-34)44-38-14-4-6-16-40(38)45(41-17-7-5-15-39(41)44)33-21-20-32-29-35(27-24-31(32)28-33)47-42-18-10-8-12-36(42)37-13-9-11-19-43(37)47;1-45-33-24-21-28(22-25-33)42-36-12-2-4-14-38(36)43(39-15-5-3-13-37(39)42)31-19-18-30-27-32(23-20-29(30)26-31)44-40-16-8-6-10-34(40)35-11-7-9-17-41(35)44/h4-29H,1-3H3;2-27H,1H3. The van der Waals surface area contributed by atoms with E-state index in [-0.39, 0.29) is 5.41 Å². The van der Waals surface area contributed by atoms with E-state index in [9.17, 15) is 0 Å². The number of hydrogen-bond acceptors (Lipinski definition) is 1. The van der Waals surface area contributed by atoms with Gasteiger partial charge in [0.15, 0.2) is 0 Å². The van der Waals surface area contributed by atoms with Crippen molar-refractivity contribution in [3.05, 3.63) is 321 Å². The lowest BCUT2D eigenvalue weighted by molar-refractivity contribution is 0.415. The van der Waals surface area contributed by atoms with Gasteiger partial charge in [0.1, 0.15) is 5.75 Å². The number of benzene rings is 16. The summed E-state index contributed by atoms with van der Waals surface area (Å²) in [4.78, 5) is 0. The highest BCUT2D eigenvalue weighted by Gasteiger charge is 2.22. The first-order valence-electron chi connectivity index (χ1n) is 31.9. The fourth-order valence-electron chi connectivity index (χ4n) is 14.9. The predicted molar refractivity (Wildman–Crippen MR) is 394 cm³/mol. The highest BCUT2D eigenvalue weighted by atomic mass is 16.5. The largest absolute Gasteiger partial charge is 0.497 e. The molecule has 0 radical (unpaired) electrons. The van der Waals surface area contributed by atoms with Gasteiger partial charge in [-0.2, -0.15) is 0 Å². The molecular weight excluding hydrogens is 1110 g/mol. The zero-order valence-electron chi connectivity index (χ0n) is 51.8. The Balaban J connectivity index is 0.000000141. The van der Waals surface area contributed by atoms with Crippen LogP contribution < -0.4 is 4.74 Å². The van der Waals surface area contributed by atoms with E-state index < -0.39 is 0 Å². The van der Waals surface area contributed by atoms with Crippen LogP contribution in [0, 0.1) is 0 Å². The normalized spacial score (nSPS) is 11.9. The third kappa shape index (κ3) is 9.02. The van der Waals surface area contributed by atoms with Crippen LogP contribution in [0.15, 0.2) is 315 Å². The molecule has 3 heteroatoms. The highest BCUT2D eigenvalue weighted by Crippen LogP contribution is 2.47. The zero-order chi connectivity index (χ0) is 61.6. The number of fused-ring (bicyclic) bond motifs is 12. The van der Waals surface area contributed by atoms with Crippen LogP contribution in [0.5, 0.6) is 5.75 Å². The van der Waals surface area contributed by atoms with Crippen LogP contribution >= 0.6 is 0 Å². The number of nitrogens with zero attached hydrogens (tertiary/aromatic N) is 2. The van der Waals surface area contributed by atoms with E-state index >= 15 is 0 Å². The second-order valence-electron chi connectivity index (χ2n) is 25.5. The molecule has 0 aliphatic carbocycles. The molecule has 16 aromatic carbocycles. The second-order valence-corrected chi connectivity index (χ2v) is 25.5. The van der Waals surface area contributed by atoms with Gasteiger partial charge in [-0.25, -0.2) is 0 Å². The van der Waals surface area contributed by atoms with Gasteiger partial charge in [0.05, 0.1) is 29.2 Å². The molecule has 0 aliphatic heterocycles. The highest BCUT2D eigenvalue weighted by molar-refractivity contribution is 6.23. The van der Waals surface area contributed by atoms with E-state index in [0.29, 0.717) is 0 Å². The molecule has 0 saturated carbocycles. The minimum Gasteiger partial charge on any atom is -0.497 e. The molecule has 2 aromatic heterocycles. The maximum Gasteiger partial charge on any atom is 0.118 e. The van der Waals surface area contributed by atoms with Crippen molar-refractivity contribution in [2.75, 3.05) is 7.11 Å². The summed E-state index contributed by atoms with van der Waals surface area (Å²) in [7, 11) is 1.71. The SMILES string of the molecule is CC(C)(C)c1ccc(-c2c3ccccc3c(-c3ccc4cc(-n5c6ccccc6c6ccccc65)ccc4c3)c3ccccc23)cc1.COc1ccc(-c2c3ccccc3c(-c3ccc4cc(-n5c6ccccc6c6ccccc65)ccc4c3)c3ccccc23)cc1. The van der Waals surface area contributed by atoms with Crippen LogP contribution in [-0.2, 0) is 5.41 Å². The van der Waals surface area contributed by atoms with Crippen molar-refractivity contribution in [1.29, 1.82) is 0 Å². The maximum absolute atomic E-state index is 5.46. The number of hydrogen-bond donors (Lipinski definition) is 0. The van der Waals surface area contributed by atoms with E-state index in [0.717, 1.165) is 5.75 Å². The van der Waals surface area contributed by atoms with Crippen molar-refractivity contribution in [1.82, 2.24) is 9.13 Å². The molecular formula is C89H64N2O. The fraction of sp³-hybridized carbons (Fsp3) is 0.0562. The zero-order valence-corrected chi connectivity index (χ0v) is 51.8. The molecule has 0 fully saturated rings. The van der Waals surface area contributed by atoms with Crippen LogP contribution in [0.1, 0.15) is 26.3 Å². The van der Waals surface area contributed by atoms with E-state index in [1.807, 2.05) is 12.1 Å². The summed E-state index contributed by atoms with van der Waals surface area (Å²) < 4.78 is 10.2. The van der Waals surface area contributed by atoms with Crippen LogP contribution in [-0.4, -0.2) is 16.2 Å². The Morgan fingerprint density at radius 2 is 0.489 bits per heavy atom. The van der Waals surface area contributed by atoms with Crippen molar-refractivity contribution in [2.24, 2.45) is 0 Å². The van der Waals surface area contributed by atoms with Gasteiger partial charge in [-0.3, -0.25) is 0 Å². The molecule has 0 N–H and O–H groups in total.